The van der Waals surface area contributed by atoms with Crippen LogP contribution in [0.15, 0.2) is 22.7 Å². The summed E-state index contributed by atoms with van der Waals surface area (Å²) in [4.78, 5) is 7.87. The Bertz CT molecular complexity index is 526. The molecule has 0 aliphatic rings. The van der Waals surface area contributed by atoms with Gasteiger partial charge in [-0.2, -0.15) is 4.98 Å². The van der Waals surface area contributed by atoms with Gasteiger partial charge in [0.1, 0.15) is 5.75 Å². The number of rotatable bonds is 2. The van der Waals surface area contributed by atoms with E-state index in [0.717, 1.165) is 6.26 Å². The van der Waals surface area contributed by atoms with Gasteiger partial charge in [0.25, 0.3) is 0 Å². The van der Waals surface area contributed by atoms with Crippen molar-refractivity contribution in [3.63, 3.8) is 0 Å². The normalized spacial score (nSPS) is 12.1. The van der Waals surface area contributed by atoms with Gasteiger partial charge in [0, 0.05) is 12.5 Å². The first-order valence-corrected chi connectivity index (χ1v) is 5.99. The smallest absolute Gasteiger partial charge is 0.212 e. The van der Waals surface area contributed by atoms with Gasteiger partial charge < -0.3 is 4.42 Å². The maximum Gasteiger partial charge on any atom is 0.212 e. The minimum Gasteiger partial charge on any atom is -0.438 e. The fourth-order valence-corrected chi connectivity index (χ4v) is 1.67. The summed E-state index contributed by atoms with van der Waals surface area (Å²) in [5.74, 6) is -0.00944. The molecule has 0 aliphatic heterocycles. The minimum absolute atomic E-state index is 0.182. The Morgan fingerprint density at radius 1 is 1.50 bits per heavy atom. The summed E-state index contributed by atoms with van der Waals surface area (Å²) in [7, 11) is -3.11. The topological polar surface area (TPSA) is 73.1 Å². The van der Waals surface area contributed by atoms with Crippen LogP contribution in [0.2, 0.25) is 0 Å². The molecular formula is C8H8N2O3S. The van der Waals surface area contributed by atoms with E-state index in [-0.39, 0.29) is 11.6 Å². The second-order valence-corrected chi connectivity index (χ2v) is 5.14. The Kier molecular flexibility index (Phi) is 1.99. The Labute approximate surface area is 80.7 Å². The van der Waals surface area contributed by atoms with Crippen LogP contribution in [0.25, 0.3) is 11.2 Å². The molecule has 0 unspecified atom stereocenters. The zero-order chi connectivity index (χ0) is 10.2. The van der Waals surface area contributed by atoms with Crippen molar-refractivity contribution in [3.8, 4) is 0 Å². The van der Waals surface area contributed by atoms with Crippen LogP contribution in [0.4, 0.5) is 0 Å². The Morgan fingerprint density at radius 2 is 2.29 bits per heavy atom. The second-order valence-electron chi connectivity index (χ2n) is 3.00. The van der Waals surface area contributed by atoms with Crippen molar-refractivity contribution < 1.29 is 12.8 Å². The van der Waals surface area contributed by atoms with E-state index in [4.69, 9.17) is 4.42 Å². The number of pyridine rings is 1. The molecule has 0 N–H and O–H groups in total. The average Bonchev–Trinajstić information content (AvgIpc) is 2.42. The molecule has 0 bridgehead atoms. The van der Waals surface area contributed by atoms with Crippen LogP contribution in [-0.2, 0) is 15.6 Å². The van der Waals surface area contributed by atoms with Gasteiger partial charge in [0.2, 0.25) is 5.89 Å². The molecule has 2 rings (SSSR count). The van der Waals surface area contributed by atoms with Gasteiger partial charge in [0.15, 0.2) is 21.1 Å². The lowest BCUT2D eigenvalue weighted by Crippen LogP contribution is -2.00. The van der Waals surface area contributed by atoms with Gasteiger partial charge >= 0.3 is 0 Å². The molecule has 0 saturated heterocycles. The number of hydrogen-bond acceptors (Lipinski definition) is 5. The van der Waals surface area contributed by atoms with Gasteiger partial charge in [-0.05, 0) is 12.1 Å². The summed E-state index contributed by atoms with van der Waals surface area (Å²) in [6.07, 6.45) is 2.71. The van der Waals surface area contributed by atoms with Crippen molar-refractivity contribution >= 4 is 21.1 Å². The molecule has 0 radical (unpaired) electrons. The van der Waals surface area contributed by atoms with Crippen molar-refractivity contribution in [2.24, 2.45) is 0 Å². The highest BCUT2D eigenvalue weighted by Gasteiger charge is 2.11. The number of fused-ring (bicyclic) bond motifs is 1. The summed E-state index contributed by atoms with van der Waals surface area (Å²) in [5, 5.41) is 0. The predicted octanol–water partition coefficient (Wildman–Crippen LogP) is 0.767. The van der Waals surface area contributed by atoms with Crippen molar-refractivity contribution in [3.05, 3.63) is 24.2 Å². The van der Waals surface area contributed by atoms with E-state index in [1.54, 1.807) is 18.3 Å². The maximum atomic E-state index is 11.0. The molecular weight excluding hydrogens is 204 g/mol. The lowest BCUT2D eigenvalue weighted by molar-refractivity contribution is 0.542. The number of nitrogens with zero attached hydrogens (tertiary/aromatic N) is 2. The standard InChI is InChI=1S/C8H8N2O3S/c1-14(11,12)5-7-10-8-6(13-7)3-2-4-9-8/h2-4H,5H2,1H3. The van der Waals surface area contributed by atoms with E-state index >= 15 is 0 Å². The molecule has 0 atom stereocenters. The summed E-state index contributed by atoms with van der Waals surface area (Å²) < 4.78 is 27.1. The maximum absolute atomic E-state index is 11.0. The number of aromatic nitrogens is 2. The molecule has 6 heteroatoms. The van der Waals surface area contributed by atoms with Crippen molar-refractivity contribution in [2.45, 2.75) is 5.75 Å². The first-order chi connectivity index (χ1) is 6.54. The number of hydrogen-bond donors (Lipinski definition) is 0. The zero-order valence-electron chi connectivity index (χ0n) is 7.47. The van der Waals surface area contributed by atoms with E-state index in [1.165, 1.54) is 0 Å². The molecule has 0 aromatic carbocycles. The fourth-order valence-electron chi connectivity index (χ4n) is 1.10. The third kappa shape index (κ3) is 1.90. The van der Waals surface area contributed by atoms with Crippen LogP contribution in [0.5, 0.6) is 0 Å². The molecule has 5 nitrogen and oxygen atoms in total. The van der Waals surface area contributed by atoms with Crippen molar-refractivity contribution in [1.29, 1.82) is 0 Å². The Morgan fingerprint density at radius 3 is 2.93 bits per heavy atom. The third-order valence-electron chi connectivity index (χ3n) is 1.59. The van der Waals surface area contributed by atoms with E-state index in [2.05, 4.69) is 9.97 Å². The van der Waals surface area contributed by atoms with Crippen molar-refractivity contribution in [2.75, 3.05) is 6.26 Å². The zero-order valence-corrected chi connectivity index (χ0v) is 8.28. The fraction of sp³-hybridized carbons (Fsp3) is 0.250. The van der Waals surface area contributed by atoms with Crippen molar-refractivity contribution in [1.82, 2.24) is 9.97 Å². The SMILES string of the molecule is CS(=O)(=O)Cc1nc2ncccc2o1. The Hall–Kier alpha value is -1.43. The highest BCUT2D eigenvalue weighted by molar-refractivity contribution is 7.89. The largest absolute Gasteiger partial charge is 0.438 e. The molecule has 2 heterocycles. The summed E-state index contributed by atoms with van der Waals surface area (Å²) in [6.45, 7) is 0. The van der Waals surface area contributed by atoms with E-state index in [1.807, 2.05) is 0 Å². The summed E-state index contributed by atoms with van der Waals surface area (Å²) in [5.41, 5.74) is 0.942. The van der Waals surface area contributed by atoms with E-state index in [9.17, 15) is 8.42 Å². The van der Waals surface area contributed by atoms with Crippen LogP contribution in [0.1, 0.15) is 5.89 Å². The summed E-state index contributed by atoms with van der Waals surface area (Å²) >= 11 is 0. The van der Waals surface area contributed by atoms with Gasteiger partial charge in [-0.15, -0.1) is 0 Å². The van der Waals surface area contributed by atoms with Crippen LogP contribution in [0, 0.1) is 0 Å². The van der Waals surface area contributed by atoms with E-state index < -0.39 is 9.84 Å². The third-order valence-corrected chi connectivity index (χ3v) is 2.37. The molecule has 74 valence electrons. The van der Waals surface area contributed by atoms with Gasteiger partial charge in [-0.3, -0.25) is 0 Å². The van der Waals surface area contributed by atoms with Crippen LogP contribution < -0.4 is 0 Å². The molecule has 0 fully saturated rings. The monoisotopic (exact) mass is 212 g/mol. The lowest BCUT2D eigenvalue weighted by Gasteiger charge is -1.89. The minimum atomic E-state index is -3.11. The molecule has 2 aromatic rings. The molecule has 0 aliphatic carbocycles. The van der Waals surface area contributed by atoms with Crippen LogP contribution in [-0.4, -0.2) is 24.6 Å². The second kappa shape index (κ2) is 3.06. The highest BCUT2D eigenvalue weighted by atomic mass is 32.2. The Balaban J connectivity index is 2.46. The van der Waals surface area contributed by atoms with Gasteiger partial charge in [0.05, 0.1) is 0 Å². The molecule has 2 aromatic heterocycles. The number of oxazole rings is 1. The van der Waals surface area contributed by atoms with Gasteiger partial charge in [-0.1, -0.05) is 0 Å². The molecule has 0 spiro atoms. The molecule has 0 amide bonds. The van der Waals surface area contributed by atoms with E-state index in [0.29, 0.717) is 11.2 Å². The first-order valence-electron chi connectivity index (χ1n) is 3.93. The lowest BCUT2D eigenvalue weighted by atomic mass is 10.5. The predicted molar refractivity (Wildman–Crippen MR) is 50.4 cm³/mol. The average molecular weight is 212 g/mol. The molecule has 14 heavy (non-hydrogen) atoms. The number of sulfone groups is 1. The van der Waals surface area contributed by atoms with Crippen LogP contribution in [0.3, 0.4) is 0 Å². The quantitative estimate of drug-likeness (QED) is 0.735. The summed E-state index contributed by atoms with van der Waals surface area (Å²) in [6, 6.07) is 3.40. The van der Waals surface area contributed by atoms with Gasteiger partial charge in [-0.25, -0.2) is 13.4 Å². The molecule has 0 saturated carbocycles. The van der Waals surface area contributed by atoms with Crippen LogP contribution >= 0.6 is 0 Å². The highest BCUT2D eigenvalue weighted by Crippen LogP contribution is 2.13. The first kappa shape index (κ1) is 9.14.